The van der Waals surface area contributed by atoms with Crippen LogP contribution in [0.4, 0.5) is 10.2 Å². The van der Waals surface area contributed by atoms with E-state index in [4.69, 9.17) is 0 Å². The van der Waals surface area contributed by atoms with E-state index in [2.05, 4.69) is 16.7 Å². The molecule has 0 saturated carbocycles. The molecule has 0 N–H and O–H groups in total. The summed E-state index contributed by atoms with van der Waals surface area (Å²) in [7, 11) is 0. The molecule has 0 amide bonds. The van der Waals surface area contributed by atoms with E-state index in [1.807, 2.05) is 29.4 Å². The van der Waals surface area contributed by atoms with Gasteiger partial charge in [0.25, 0.3) is 0 Å². The molecule has 2 heterocycles. The average Bonchev–Trinajstić information content (AvgIpc) is 2.97. The van der Waals surface area contributed by atoms with E-state index in [9.17, 15) is 4.39 Å². The van der Waals surface area contributed by atoms with Crippen molar-refractivity contribution in [3.05, 3.63) is 54.5 Å². The number of rotatable bonds is 3. The standard InChI is InChI=1S/C16H16FN3/c1-2-12-7-9-18-16(11-12)20-15(8-10-19-20)13-3-5-14(17)6-4-13/h2-3,5-7,9-11,13,15H,1,4,8H2. The van der Waals surface area contributed by atoms with Gasteiger partial charge in [-0.1, -0.05) is 18.7 Å². The number of pyridine rings is 1. The Balaban J connectivity index is 1.83. The lowest BCUT2D eigenvalue weighted by Crippen LogP contribution is -2.34. The summed E-state index contributed by atoms with van der Waals surface area (Å²) in [6, 6.07) is 4.07. The molecule has 1 aliphatic heterocycles. The van der Waals surface area contributed by atoms with Crippen LogP contribution in [-0.4, -0.2) is 17.2 Å². The fourth-order valence-corrected chi connectivity index (χ4v) is 2.60. The molecule has 0 fully saturated rings. The molecule has 0 spiro atoms. The van der Waals surface area contributed by atoms with Crippen molar-refractivity contribution < 1.29 is 4.39 Å². The zero-order valence-electron chi connectivity index (χ0n) is 11.1. The van der Waals surface area contributed by atoms with Gasteiger partial charge in [0.15, 0.2) is 0 Å². The summed E-state index contributed by atoms with van der Waals surface area (Å²) in [5.41, 5.74) is 1.01. The lowest BCUT2D eigenvalue weighted by atomic mass is 9.90. The number of hydrogen-bond acceptors (Lipinski definition) is 3. The molecule has 1 aromatic rings. The van der Waals surface area contributed by atoms with Crippen molar-refractivity contribution in [3.63, 3.8) is 0 Å². The highest BCUT2D eigenvalue weighted by Gasteiger charge is 2.30. The van der Waals surface area contributed by atoms with Crippen LogP contribution in [0.1, 0.15) is 18.4 Å². The van der Waals surface area contributed by atoms with Crippen molar-refractivity contribution >= 4 is 18.1 Å². The predicted molar refractivity (Wildman–Crippen MR) is 80.1 cm³/mol. The molecular formula is C16H16FN3. The molecule has 102 valence electrons. The van der Waals surface area contributed by atoms with Gasteiger partial charge in [-0.05, 0) is 36.3 Å². The molecule has 20 heavy (non-hydrogen) atoms. The first kappa shape index (κ1) is 12.8. The Labute approximate surface area is 117 Å². The Morgan fingerprint density at radius 1 is 1.40 bits per heavy atom. The zero-order valence-corrected chi connectivity index (χ0v) is 11.1. The highest BCUT2D eigenvalue weighted by molar-refractivity contribution is 5.67. The lowest BCUT2D eigenvalue weighted by molar-refractivity contribution is 0.487. The third kappa shape index (κ3) is 2.41. The number of nitrogens with zero attached hydrogens (tertiary/aromatic N) is 3. The van der Waals surface area contributed by atoms with Crippen LogP contribution in [-0.2, 0) is 0 Å². The Kier molecular flexibility index (Phi) is 3.46. The van der Waals surface area contributed by atoms with Crippen LogP contribution in [0, 0.1) is 5.92 Å². The van der Waals surface area contributed by atoms with Gasteiger partial charge in [-0.2, -0.15) is 5.10 Å². The first-order chi connectivity index (χ1) is 9.78. The largest absolute Gasteiger partial charge is 0.244 e. The predicted octanol–water partition coefficient (Wildman–Crippen LogP) is 3.72. The first-order valence-corrected chi connectivity index (χ1v) is 6.72. The minimum absolute atomic E-state index is 0.154. The highest BCUT2D eigenvalue weighted by atomic mass is 19.1. The summed E-state index contributed by atoms with van der Waals surface area (Å²) >= 11 is 0. The van der Waals surface area contributed by atoms with E-state index in [1.54, 1.807) is 18.3 Å². The van der Waals surface area contributed by atoms with Crippen LogP contribution in [0.2, 0.25) is 0 Å². The van der Waals surface area contributed by atoms with Gasteiger partial charge in [-0.3, -0.25) is 0 Å². The fourth-order valence-electron chi connectivity index (χ4n) is 2.60. The molecule has 2 unspecified atom stereocenters. The zero-order chi connectivity index (χ0) is 13.9. The molecule has 1 aliphatic carbocycles. The molecule has 2 aliphatic rings. The normalized spacial score (nSPS) is 24.9. The van der Waals surface area contributed by atoms with E-state index in [1.165, 1.54) is 6.08 Å². The maximum Gasteiger partial charge on any atom is 0.149 e. The van der Waals surface area contributed by atoms with Gasteiger partial charge in [0.1, 0.15) is 11.6 Å². The lowest BCUT2D eigenvalue weighted by Gasteiger charge is -2.29. The summed E-state index contributed by atoms with van der Waals surface area (Å²) in [6.07, 6.45) is 12.1. The minimum atomic E-state index is -0.154. The Hall–Kier alpha value is -2.23. The van der Waals surface area contributed by atoms with E-state index in [0.717, 1.165) is 17.8 Å². The topological polar surface area (TPSA) is 28.5 Å². The fraction of sp³-hybridized carbons (Fsp3) is 0.250. The average molecular weight is 269 g/mol. The SMILES string of the molecule is C=Cc1ccnc(N2N=CCC2C2C=CC(F)=CC2)c1. The van der Waals surface area contributed by atoms with Gasteiger partial charge in [0.05, 0.1) is 6.04 Å². The Morgan fingerprint density at radius 3 is 3.05 bits per heavy atom. The molecule has 0 aromatic carbocycles. The van der Waals surface area contributed by atoms with Gasteiger partial charge in [0.2, 0.25) is 0 Å². The number of halogens is 1. The summed E-state index contributed by atoms with van der Waals surface area (Å²) in [5.74, 6) is 0.911. The molecule has 2 atom stereocenters. The highest BCUT2D eigenvalue weighted by Crippen LogP contribution is 2.31. The summed E-state index contributed by atoms with van der Waals surface area (Å²) in [4.78, 5) is 4.38. The van der Waals surface area contributed by atoms with Crippen LogP contribution in [0.3, 0.4) is 0 Å². The number of aromatic nitrogens is 1. The third-order valence-electron chi connectivity index (χ3n) is 3.69. The van der Waals surface area contributed by atoms with Crippen LogP contribution in [0.15, 0.2) is 54.1 Å². The molecule has 1 aromatic heterocycles. The van der Waals surface area contributed by atoms with Crippen LogP contribution < -0.4 is 5.01 Å². The molecule has 4 heteroatoms. The van der Waals surface area contributed by atoms with E-state index >= 15 is 0 Å². The van der Waals surface area contributed by atoms with Gasteiger partial charge in [0, 0.05) is 24.8 Å². The number of hydrogen-bond donors (Lipinski definition) is 0. The van der Waals surface area contributed by atoms with Crippen LogP contribution in [0.25, 0.3) is 6.08 Å². The van der Waals surface area contributed by atoms with Crippen molar-refractivity contribution in [2.24, 2.45) is 11.0 Å². The summed E-state index contributed by atoms with van der Waals surface area (Å²) in [5, 5.41) is 6.35. The molecular weight excluding hydrogens is 253 g/mol. The van der Waals surface area contributed by atoms with Crippen molar-refractivity contribution in [3.8, 4) is 0 Å². The Bertz CT molecular complexity index is 603. The quantitative estimate of drug-likeness (QED) is 0.836. The second-order valence-corrected chi connectivity index (χ2v) is 4.94. The number of anilines is 1. The molecule has 0 bridgehead atoms. The molecule has 3 nitrogen and oxygen atoms in total. The summed E-state index contributed by atoms with van der Waals surface area (Å²) in [6.45, 7) is 3.77. The molecule has 0 radical (unpaired) electrons. The van der Waals surface area contributed by atoms with Gasteiger partial charge >= 0.3 is 0 Å². The van der Waals surface area contributed by atoms with Crippen LogP contribution >= 0.6 is 0 Å². The van der Waals surface area contributed by atoms with Crippen molar-refractivity contribution in [1.29, 1.82) is 0 Å². The maximum atomic E-state index is 13.1. The van der Waals surface area contributed by atoms with E-state index < -0.39 is 0 Å². The van der Waals surface area contributed by atoms with Crippen LogP contribution in [0.5, 0.6) is 0 Å². The van der Waals surface area contributed by atoms with Gasteiger partial charge in [-0.15, -0.1) is 0 Å². The third-order valence-corrected chi connectivity index (χ3v) is 3.69. The first-order valence-electron chi connectivity index (χ1n) is 6.72. The Morgan fingerprint density at radius 2 is 2.30 bits per heavy atom. The number of hydrazone groups is 1. The molecule has 3 rings (SSSR count). The van der Waals surface area contributed by atoms with Gasteiger partial charge in [-0.25, -0.2) is 14.4 Å². The van der Waals surface area contributed by atoms with E-state index in [0.29, 0.717) is 6.42 Å². The monoisotopic (exact) mass is 269 g/mol. The van der Waals surface area contributed by atoms with Crippen molar-refractivity contribution in [2.75, 3.05) is 5.01 Å². The number of allylic oxidation sites excluding steroid dienone is 3. The summed E-state index contributed by atoms with van der Waals surface area (Å²) < 4.78 is 13.1. The van der Waals surface area contributed by atoms with E-state index in [-0.39, 0.29) is 17.8 Å². The smallest absolute Gasteiger partial charge is 0.149 e. The van der Waals surface area contributed by atoms with Crippen molar-refractivity contribution in [2.45, 2.75) is 18.9 Å². The van der Waals surface area contributed by atoms with Crippen molar-refractivity contribution in [1.82, 2.24) is 4.98 Å². The molecule has 0 saturated heterocycles. The second kappa shape index (κ2) is 5.41. The minimum Gasteiger partial charge on any atom is -0.244 e. The van der Waals surface area contributed by atoms with Gasteiger partial charge < -0.3 is 0 Å². The second-order valence-electron chi connectivity index (χ2n) is 4.94. The maximum absolute atomic E-state index is 13.1.